The summed E-state index contributed by atoms with van der Waals surface area (Å²) in [7, 11) is 2.95. The summed E-state index contributed by atoms with van der Waals surface area (Å²) in [6.45, 7) is 0. The Bertz CT molecular complexity index is 447. The molecule has 17 heavy (non-hydrogen) atoms. The van der Waals surface area contributed by atoms with Gasteiger partial charge in [0.05, 0.1) is 19.2 Å². The van der Waals surface area contributed by atoms with Crippen molar-refractivity contribution in [1.82, 2.24) is 0 Å². The van der Waals surface area contributed by atoms with E-state index in [1.54, 1.807) is 0 Å². The van der Waals surface area contributed by atoms with Gasteiger partial charge in [0, 0.05) is 17.2 Å². The molecule has 1 aromatic carbocycles. The molecule has 2 N–H and O–H groups in total. The van der Waals surface area contributed by atoms with Crippen molar-refractivity contribution in [3.63, 3.8) is 0 Å². The van der Waals surface area contributed by atoms with Gasteiger partial charge in [0.2, 0.25) is 0 Å². The Kier molecular flexibility index (Phi) is 3.19. The molecule has 1 aliphatic carbocycles. The van der Waals surface area contributed by atoms with E-state index < -0.39 is 11.4 Å². The number of halogens is 2. The van der Waals surface area contributed by atoms with Crippen molar-refractivity contribution < 1.29 is 13.9 Å². The van der Waals surface area contributed by atoms with Gasteiger partial charge in [0.25, 0.3) is 0 Å². The van der Waals surface area contributed by atoms with Crippen molar-refractivity contribution in [2.75, 3.05) is 14.2 Å². The van der Waals surface area contributed by atoms with E-state index >= 15 is 0 Å². The fraction of sp³-hybridized carbons (Fsp3) is 0.500. The standard InChI is InChI=1S/C12H15ClFNO2/c1-16-8-6-7(14)10(13)9(11(8)17-2)12(15)4-3-5-12/h6H,3-5,15H2,1-2H3. The normalized spacial score (nSPS) is 17.5. The second-order valence-electron chi connectivity index (χ2n) is 4.29. The Morgan fingerprint density at radius 2 is 2.00 bits per heavy atom. The van der Waals surface area contributed by atoms with Gasteiger partial charge in [0.15, 0.2) is 11.5 Å². The van der Waals surface area contributed by atoms with E-state index in [0.29, 0.717) is 17.1 Å². The molecule has 0 saturated heterocycles. The summed E-state index contributed by atoms with van der Waals surface area (Å²) in [5.41, 5.74) is 6.13. The van der Waals surface area contributed by atoms with Crippen molar-refractivity contribution in [3.8, 4) is 11.5 Å². The number of rotatable bonds is 3. The lowest BCUT2D eigenvalue weighted by molar-refractivity contribution is 0.239. The van der Waals surface area contributed by atoms with Gasteiger partial charge in [-0.1, -0.05) is 11.6 Å². The lowest BCUT2D eigenvalue weighted by atomic mass is 9.72. The van der Waals surface area contributed by atoms with Gasteiger partial charge in [0.1, 0.15) is 5.82 Å². The predicted octanol–water partition coefficient (Wildman–Crippen LogP) is 2.83. The zero-order valence-electron chi connectivity index (χ0n) is 9.85. The van der Waals surface area contributed by atoms with E-state index in [0.717, 1.165) is 19.3 Å². The summed E-state index contributed by atoms with van der Waals surface area (Å²) in [6, 6.07) is 1.21. The average Bonchev–Trinajstić information content (AvgIpc) is 2.28. The number of methoxy groups -OCH3 is 2. The quantitative estimate of drug-likeness (QED) is 0.908. The SMILES string of the molecule is COc1cc(F)c(Cl)c(C2(N)CCC2)c1OC. The molecule has 5 heteroatoms. The summed E-state index contributed by atoms with van der Waals surface area (Å²) in [4.78, 5) is 0. The van der Waals surface area contributed by atoms with E-state index in [1.165, 1.54) is 20.3 Å². The molecule has 1 fully saturated rings. The summed E-state index contributed by atoms with van der Waals surface area (Å²) in [5, 5.41) is 0.0323. The van der Waals surface area contributed by atoms with Crippen LogP contribution in [0.25, 0.3) is 0 Å². The Labute approximate surface area is 105 Å². The van der Waals surface area contributed by atoms with Crippen LogP contribution in [-0.2, 0) is 5.54 Å². The van der Waals surface area contributed by atoms with Crippen molar-refractivity contribution in [3.05, 3.63) is 22.5 Å². The van der Waals surface area contributed by atoms with E-state index in [4.69, 9.17) is 26.8 Å². The number of hydrogen-bond donors (Lipinski definition) is 1. The lowest BCUT2D eigenvalue weighted by Crippen LogP contribution is -2.44. The third kappa shape index (κ3) is 1.85. The monoisotopic (exact) mass is 259 g/mol. The Morgan fingerprint density at radius 1 is 1.35 bits per heavy atom. The maximum absolute atomic E-state index is 13.7. The molecule has 94 valence electrons. The fourth-order valence-electron chi connectivity index (χ4n) is 2.19. The van der Waals surface area contributed by atoms with Crippen LogP contribution in [0.4, 0.5) is 4.39 Å². The molecule has 0 spiro atoms. The maximum atomic E-state index is 13.7. The van der Waals surface area contributed by atoms with E-state index in [1.807, 2.05) is 0 Å². The maximum Gasteiger partial charge on any atom is 0.167 e. The topological polar surface area (TPSA) is 44.5 Å². The van der Waals surface area contributed by atoms with Gasteiger partial charge < -0.3 is 15.2 Å². The summed E-state index contributed by atoms with van der Waals surface area (Å²) < 4.78 is 24.1. The minimum absolute atomic E-state index is 0.0323. The van der Waals surface area contributed by atoms with Gasteiger partial charge in [-0.05, 0) is 19.3 Å². The van der Waals surface area contributed by atoms with Crippen LogP contribution < -0.4 is 15.2 Å². The van der Waals surface area contributed by atoms with Crippen LogP contribution in [0, 0.1) is 5.82 Å². The first kappa shape index (κ1) is 12.5. The van der Waals surface area contributed by atoms with Gasteiger partial charge in [-0.3, -0.25) is 0 Å². The highest BCUT2D eigenvalue weighted by Gasteiger charge is 2.40. The molecule has 1 aliphatic rings. The van der Waals surface area contributed by atoms with Crippen LogP contribution in [-0.4, -0.2) is 14.2 Å². The minimum atomic E-state index is -0.599. The average molecular weight is 260 g/mol. The van der Waals surface area contributed by atoms with Crippen molar-refractivity contribution in [2.45, 2.75) is 24.8 Å². The molecule has 0 aliphatic heterocycles. The molecule has 0 aromatic heterocycles. The van der Waals surface area contributed by atoms with Gasteiger partial charge in [-0.15, -0.1) is 0 Å². The number of benzene rings is 1. The lowest BCUT2D eigenvalue weighted by Gasteiger charge is -2.40. The second kappa shape index (κ2) is 4.35. The molecular weight excluding hydrogens is 245 g/mol. The highest BCUT2D eigenvalue weighted by atomic mass is 35.5. The van der Waals surface area contributed by atoms with Crippen LogP contribution in [0.2, 0.25) is 5.02 Å². The predicted molar refractivity (Wildman–Crippen MR) is 64.2 cm³/mol. The fourth-order valence-corrected chi connectivity index (χ4v) is 2.52. The first-order valence-electron chi connectivity index (χ1n) is 5.43. The minimum Gasteiger partial charge on any atom is -0.493 e. The molecule has 0 amide bonds. The Balaban J connectivity index is 2.65. The van der Waals surface area contributed by atoms with E-state index in [2.05, 4.69) is 0 Å². The summed E-state index contributed by atoms with van der Waals surface area (Å²) in [5.74, 6) is 0.221. The molecule has 3 nitrogen and oxygen atoms in total. The third-order valence-corrected chi connectivity index (χ3v) is 3.68. The number of nitrogens with two attached hydrogens (primary N) is 1. The highest BCUT2D eigenvalue weighted by molar-refractivity contribution is 6.32. The Morgan fingerprint density at radius 3 is 2.41 bits per heavy atom. The van der Waals surface area contributed by atoms with Crippen molar-refractivity contribution >= 4 is 11.6 Å². The molecule has 1 aromatic rings. The van der Waals surface area contributed by atoms with Crippen molar-refractivity contribution in [2.24, 2.45) is 5.73 Å². The molecule has 2 rings (SSSR count). The number of ether oxygens (including phenoxy) is 2. The van der Waals surface area contributed by atoms with Gasteiger partial charge in [-0.25, -0.2) is 4.39 Å². The molecule has 1 saturated carbocycles. The Hall–Kier alpha value is -1.00. The van der Waals surface area contributed by atoms with Crippen molar-refractivity contribution in [1.29, 1.82) is 0 Å². The third-order valence-electron chi connectivity index (χ3n) is 3.31. The second-order valence-corrected chi connectivity index (χ2v) is 4.67. The van der Waals surface area contributed by atoms with Crippen LogP contribution in [0.1, 0.15) is 24.8 Å². The molecule has 0 bridgehead atoms. The molecule has 0 unspecified atom stereocenters. The zero-order valence-corrected chi connectivity index (χ0v) is 10.6. The summed E-state index contributed by atoms with van der Waals surface area (Å²) in [6.07, 6.45) is 2.56. The van der Waals surface area contributed by atoms with Gasteiger partial charge >= 0.3 is 0 Å². The van der Waals surface area contributed by atoms with E-state index in [-0.39, 0.29) is 5.02 Å². The molecule has 0 atom stereocenters. The first-order valence-corrected chi connectivity index (χ1v) is 5.80. The van der Waals surface area contributed by atoms with Crippen LogP contribution in [0.3, 0.4) is 0 Å². The molecule has 0 radical (unpaired) electrons. The van der Waals surface area contributed by atoms with Crippen LogP contribution in [0.5, 0.6) is 11.5 Å². The number of hydrogen-bond acceptors (Lipinski definition) is 3. The molecule has 0 heterocycles. The smallest absolute Gasteiger partial charge is 0.167 e. The van der Waals surface area contributed by atoms with Crippen LogP contribution >= 0.6 is 11.6 Å². The molecular formula is C12H15ClFNO2. The summed E-state index contributed by atoms with van der Waals surface area (Å²) >= 11 is 6.01. The zero-order chi connectivity index (χ0) is 12.6. The van der Waals surface area contributed by atoms with Crippen LogP contribution in [0.15, 0.2) is 6.07 Å². The van der Waals surface area contributed by atoms with E-state index in [9.17, 15) is 4.39 Å². The van der Waals surface area contributed by atoms with Gasteiger partial charge in [-0.2, -0.15) is 0 Å². The highest BCUT2D eigenvalue weighted by Crippen LogP contribution is 2.49. The first-order chi connectivity index (χ1) is 8.03. The largest absolute Gasteiger partial charge is 0.493 e.